The molecule has 0 spiro atoms. The Labute approximate surface area is 111 Å². The molecule has 0 unspecified atom stereocenters. The Morgan fingerprint density at radius 2 is 2.08 bits per heavy atom. The van der Waals surface area contributed by atoms with Crippen molar-refractivity contribution < 1.29 is 64.3 Å². The van der Waals surface area contributed by atoms with Gasteiger partial charge in [0.2, 0.25) is 0 Å². The van der Waals surface area contributed by atoms with Gasteiger partial charge in [0, 0.05) is 18.9 Å². The fraction of sp³-hybridized carbons (Fsp3) is 0.400. The summed E-state index contributed by atoms with van der Waals surface area (Å²) in [6.07, 6.45) is 0.609. The Hall–Kier alpha value is 0.701. The molecule has 0 N–H and O–H groups in total. The summed E-state index contributed by atoms with van der Waals surface area (Å²) in [5, 5.41) is 3.61. The van der Waals surface area contributed by atoms with Crippen LogP contribution in [0.5, 0.6) is 0 Å². The number of aryl methyl sites for hydroxylation is 1. The van der Waals surface area contributed by atoms with Crippen LogP contribution in [0.25, 0.3) is 0 Å². The number of hydrogen-bond donors (Lipinski definition) is 0. The van der Waals surface area contributed by atoms with Gasteiger partial charge < -0.3 is 12.9 Å². The van der Waals surface area contributed by atoms with E-state index in [0.717, 1.165) is 0 Å². The zero-order valence-corrected chi connectivity index (χ0v) is 10.1. The minimum atomic E-state index is -4.74. The van der Waals surface area contributed by atoms with Crippen LogP contribution in [0.1, 0.15) is 5.69 Å². The first-order valence-corrected chi connectivity index (χ1v) is 3.17. The average molecular weight is 202 g/mol. The van der Waals surface area contributed by atoms with Crippen molar-refractivity contribution in [3.63, 3.8) is 0 Å². The summed E-state index contributed by atoms with van der Waals surface area (Å²) in [6.45, 7) is -4.74. The van der Waals surface area contributed by atoms with Gasteiger partial charge in [-0.1, -0.05) is 0 Å². The van der Waals surface area contributed by atoms with Crippen molar-refractivity contribution in [2.75, 3.05) is 0 Å². The van der Waals surface area contributed by atoms with Crippen molar-refractivity contribution in [2.45, 2.75) is 6.32 Å². The first-order chi connectivity index (χ1) is 4.97. The molecule has 2 nitrogen and oxygen atoms in total. The van der Waals surface area contributed by atoms with Gasteiger partial charge in [-0.3, -0.25) is 4.68 Å². The molecule has 0 radical (unpaired) electrons. The fourth-order valence-electron chi connectivity index (χ4n) is 0.809. The average Bonchev–Trinajstić information content (AvgIpc) is 2.10. The van der Waals surface area contributed by atoms with Crippen LogP contribution in [0.15, 0.2) is 12.3 Å². The number of nitrogens with zero attached hydrogens (tertiary/aromatic N) is 2. The van der Waals surface area contributed by atoms with Gasteiger partial charge >= 0.3 is 58.4 Å². The van der Waals surface area contributed by atoms with Gasteiger partial charge in [-0.2, -0.15) is 5.10 Å². The topological polar surface area (TPSA) is 17.8 Å². The predicted molar refractivity (Wildman–Crippen MR) is 36.0 cm³/mol. The summed E-state index contributed by atoms with van der Waals surface area (Å²) >= 11 is 0. The largest absolute Gasteiger partial charge is 1.00 e. The second kappa shape index (κ2) is 4.80. The zero-order chi connectivity index (χ0) is 8.48. The van der Waals surface area contributed by atoms with Gasteiger partial charge in [0.1, 0.15) is 0 Å². The van der Waals surface area contributed by atoms with E-state index >= 15 is 0 Å². The van der Waals surface area contributed by atoms with E-state index in [2.05, 4.69) is 5.10 Å². The quantitative estimate of drug-likeness (QED) is 0.525. The Balaban J connectivity index is 0.00000121. The third-order valence-electron chi connectivity index (χ3n) is 1.21. The predicted octanol–water partition coefficient (Wildman–Crippen LogP) is -1.65. The van der Waals surface area contributed by atoms with Crippen molar-refractivity contribution in [1.29, 1.82) is 0 Å². The molecule has 0 aliphatic carbocycles. The number of aromatic nitrogens is 2. The standard InChI is InChI=1S/C5H7BF3N2.K/c1-11-3-2-5(10-11)4-6(7,8)9;/h2-3H,4H2,1H3;/q-1;+1. The molecule has 1 aromatic heterocycles. The fourth-order valence-corrected chi connectivity index (χ4v) is 0.809. The molecular weight excluding hydrogens is 195 g/mol. The molecule has 0 bridgehead atoms. The van der Waals surface area contributed by atoms with Crippen LogP contribution in [-0.2, 0) is 13.4 Å². The van der Waals surface area contributed by atoms with Crippen molar-refractivity contribution >= 4 is 6.98 Å². The van der Waals surface area contributed by atoms with Crippen molar-refractivity contribution in [1.82, 2.24) is 9.78 Å². The number of hydrogen-bond acceptors (Lipinski definition) is 1. The van der Waals surface area contributed by atoms with Crippen molar-refractivity contribution in [3.8, 4) is 0 Å². The van der Waals surface area contributed by atoms with Gasteiger partial charge in [0.15, 0.2) is 0 Å². The monoisotopic (exact) mass is 202 g/mol. The maximum Gasteiger partial charge on any atom is 1.00 e. The molecule has 7 heteroatoms. The summed E-state index contributed by atoms with van der Waals surface area (Å²) < 4.78 is 36.6. The molecule has 1 rings (SSSR count). The maximum absolute atomic E-state index is 11.8. The summed E-state index contributed by atoms with van der Waals surface area (Å²) in [4.78, 5) is 0. The molecule has 0 saturated carbocycles. The Kier molecular flexibility index (Phi) is 5.08. The van der Waals surface area contributed by atoms with E-state index < -0.39 is 13.3 Å². The first kappa shape index (κ1) is 12.7. The summed E-state index contributed by atoms with van der Waals surface area (Å²) in [5.41, 5.74) is 0.0833. The van der Waals surface area contributed by atoms with Gasteiger partial charge in [0.05, 0.1) is 0 Å². The van der Waals surface area contributed by atoms with Gasteiger partial charge in [-0.15, -0.1) is 0 Å². The van der Waals surface area contributed by atoms with E-state index in [0.29, 0.717) is 0 Å². The van der Waals surface area contributed by atoms with E-state index in [1.54, 1.807) is 7.05 Å². The zero-order valence-electron chi connectivity index (χ0n) is 6.97. The van der Waals surface area contributed by atoms with Gasteiger partial charge in [0.25, 0.3) is 0 Å². The normalized spacial score (nSPS) is 11.0. The number of halogens is 3. The second-order valence-corrected chi connectivity index (χ2v) is 2.40. The molecule has 0 aliphatic heterocycles. The second-order valence-electron chi connectivity index (χ2n) is 2.40. The minimum absolute atomic E-state index is 0. The van der Waals surface area contributed by atoms with E-state index in [4.69, 9.17) is 0 Å². The maximum atomic E-state index is 11.8. The first-order valence-electron chi connectivity index (χ1n) is 3.17. The van der Waals surface area contributed by atoms with Crippen molar-refractivity contribution in [2.24, 2.45) is 7.05 Å². The van der Waals surface area contributed by atoms with E-state index in [1.165, 1.54) is 16.9 Å². The van der Waals surface area contributed by atoms with E-state index in [1.807, 2.05) is 0 Å². The molecule has 12 heavy (non-hydrogen) atoms. The smallest absolute Gasteiger partial charge is 0.449 e. The van der Waals surface area contributed by atoms with Crippen LogP contribution in [0, 0.1) is 0 Å². The number of rotatable bonds is 2. The molecular formula is C5H7BF3KN2. The summed E-state index contributed by atoms with van der Waals surface area (Å²) in [5.74, 6) is 0. The van der Waals surface area contributed by atoms with Crippen LogP contribution in [-0.4, -0.2) is 16.8 Å². The molecule has 0 fully saturated rings. The third-order valence-corrected chi connectivity index (χ3v) is 1.21. The molecule has 0 aromatic carbocycles. The van der Waals surface area contributed by atoms with Gasteiger partial charge in [-0.25, -0.2) is 0 Å². The van der Waals surface area contributed by atoms with Crippen molar-refractivity contribution in [3.05, 3.63) is 18.0 Å². The Morgan fingerprint density at radius 1 is 1.50 bits per heavy atom. The van der Waals surface area contributed by atoms with Crippen LogP contribution < -0.4 is 51.4 Å². The summed E-state index contributed by atoms with van der Waals surface area (Å²) in [7, 11) is 1.59. The van der Waals surface area contributed by atoms with E-state index in [-0.39, 0.29) is 57.1 Å². The molecule has 0 atom stereocenters. The Bertz CT molecular complexity index is 247. The molecule has 62 valence electrons. The SMILES string of the molecule is Cn1ccc(C[B-](F)(F)F)n1.[K+]. The molecule has 1 heterocycles. The van der Waals surface area contributed by atoms with Gasteiger partial charge in [-0.05, 0) is 12.4 Å². The van der Waals surface area contributed by atoms with E-state index in [9.17, 15) is 12.9 Å². The molecule has 0 saturated heterocycles. The third kappa shape index (κ3) is 4.66. The minimum Gasteiger partial charge on any atom is -0.449 e. The molecule has 0 aliphatic rings. The summed E-state index contributed by atoms with van der Waals surface area (Å²) in [6, 6.07) is 1.37. The van der Waals surface area contributed by atoms with Crippen LogP contribution in [0.3, 0.4) is 0 Å². The molecule has 0 amide bonds. The molecule has 1 aromatic rings. The van der Waals surface area contributed by atoms with Crippen LogP contribution in [0.4, 0.5) is 12.9 Å². The van der Waals surface area contributed by atoms with Crippen LogP contribution in [0.2, 0.25) is 0 Å². The van der Waals surface area contributed by atoms with Crippen LogP contribution >= 0.6 is 0 Å². The Morgan fingerprint density at radius 3 is 2.42 bits per heavy atom.